The van der Waals surface area contributed by atoms with Crippen molar-refractivity contribution in [3.8, 4) is 5.75 Å². The number of amides is 2. The van der Waals surface area contributed by atoms with Gasteiger partial charge in [0.2, 0.25) is 5.91 Å². The van der Waals surface area contributed by atoms with Crippen LogP contribution in [-0.4, -0.2) is 25.0 Å². The van der Waals surface area contributed by atoms with Crippen molar-refractivity contribution in [3.05, 3.63) is 64.7 Å². The van der Waals surface area contributed by atoms with Crippen molar-refractivity contribution in [3.63, 3.8) is 0 Å². The molecule has 0 spiro atoms. The average molecular weight is 375 g/mol. The second-order valence-electron chi connectivity index (χ2n) is 6.20. The molecule has 0 fully saturated rings. The van der Waals surface area contributed by atoms with E-state index in [9.17, 15) is 9.59 Å². The molecule has 0 bridgehead atoms. The number of nitrogens with one attached hydrogen (secondary N) is 2. The average Bonchev–Trinajstić information content (AvgIpc) is 2.64. The lowest BCUT2D eigenvalue weighted by atomic mass is 10.0. The molecule has 26 heavy (non-hydrogen) atoms. The summed E-state index contributed by atoms with van der Waals surface area (Å²) in [7, 11) is 1.58. The fourth-order valence-corrected chi connectivity index (χ4v) is 2.76. The van der Waals surface area contributed by atoms with Gasteiger partial charge in [0.05, 0.1) is 17.7 Å². The highest BCUT2D eigenvalue weighted by atomic mass is 35.5. The van der Waals surface area contributed by atoms with Gasteiger partial charge in [0.25, 0.3) is 5.91 Å². The normalized spacial score (nSPS) is 11.7. The second kappa shape index (κ2) is 9.25. The maximum atomic E-state index is 12.6. The van der Waals surface area contributed by atoms with Gasteiger partial charge in [0.15, 0.2) is 0 Å². The molecule has 2 N–H and O–H groups in total. The molecular formula is C20H23ClN2O3. The molecule has 2 rings (SSSR count). The number of benzene rings is 2. The third-order valence-electron chi connectivity index (χ3n) is 4.00. The first-order chi connectivity index (χ1) is 12.4. The van der Waals surface area contributed by atoms with Gasteiger partial charge in [-0.15, -0.1) is 0 Å². The zero-order valence-electron chi connectivity index (χ0n) is 15.1. The Hall–Kier alpha value is -2.53. The van der Waals surface area contributed by atoms with Crippen molar-refractivity contribution in [2.75, 3.05) is 7.11 Å². The van der Waals surface area contributed by atoms with Gasteiger partial charge >= 0.3 is 0 Å². The summed E-state index contributed by atoms with van der Waals surface area (Å²) < 4.78 is 5.29. The van der Waals surface area contributed by atoms with Crippen LogP contribution in [0, 0.1) is 5.92 Å². The minimum atomic E-state index is -0.673. The largest absolute Gasteiger partial charge is 0.496 e. The van der Waals surface area contributed by atoms with Gasteiger partial charge in [-0.25, -0.2) is 0 Å². The number of rotatable bonds is 7. The number of ether oxygens (including phenoxy) is 1. The molecule has 0 aliphatic rings. The summed E-state index contributed by atoms with van der Waals surface area (Å²) in [5, 5.41) is 5.98. The van der Waals surface area contributed by atoms with Gasteiger partial charge in [-0.2, -0.15) is 0 Å². The summed E-state index contributed by atoms with van der Waals surface area (Å²) in [6, 6.07) is 13.5. The molecule has 0 aliphatic carbocycles. The minimum absolute atomic E-state index is 0.0842. The lowest BCUT2D eigenvalue weighted by molar-refractivity contribution is -0.124. The predicted octanol–water partition coefficient (Wildman–Crippen LogP) is 3.42. The molecule has 2 amide bonds. The molecule has 0 saturated heterocycles. The van der Waals surface area contributed by atoms with E-state index in [-0.39, 0.29) is 17.7 Å². The Kier molecular flexibility index (Phi) is 7.04. The number of halogens is 1. The van der Waals surface area contributed by atoms with E-state index >= 15 is 0 Å². The van der Waals surface area contributed by atoms with Crippen LogP contribution < -0.4 is 15.4 Å². The molecule has 5 nitrogen and oxygen atoms in total. The first kappa shape index (κ1) is 19.8. The molecule has 0 aliphatic heterocycles. The van der Waals surface area contributed by atoms with Crippen LogP contribution >= 0.6 is 11.6 Å². The molecule has 138 valence electrons. The first-order valence-electron chi connectivity index (χ1n) is 8.39. The van der Waals surface area contributed by atoms with Gasteiger partial charge in [-0.3, -0.25) is 9.59 Å². The Morgan fingerprint density at radius 2 is 1.73 bits per heavy atom. The lowest BCUT2D eigenvalue weighted by Crippen LogP contribution is -2.49. The van der Waals surface area contributed by atoms with Crippen LogP contribution in [0.1, 0.15) is 29.8 Å². The van der Waals surface area contributed by atoms with Crippen molar-refractivity contribution in [2.45, 2.75) is 26.4 Å². The van der Waals surface area contributed by atoms with Gasteiger partial charge < -0.3 is 15.4 Å². The van der Waals surface area contributed by atoms with Gasteiger partial charge in [0.1, 0.15) is 11.8 Å². The summed E-state index contributed by atoms with van der Waals surface area (Å²) in [4.78, 5) is 25.1. The van der Waals surface area contributed by atoms with E-state index in [1.54, 1.807) is 31.4 Å². The monoisotopic (exact) mass is 374 g/mol. The van der Waals surface area contributed by atoms with Crippen LogP contribution in [0.3, 0.4) is 0 Å². The number of hydrogen-bond acceptors (Lipinski definition) is 3. The van der Waals surface area contributed by atoms with Gasteiger partial charge in [0, 0.05) is 12.1 Å². The quantitative estimate of drug-likeness (QED) is 0.780. The second-order valence-corrected chi connectivity index (χ2v) is 6.61. The smallest absolute Gasteiger partial charge is 0.253 e. The summed E-state index contributed by atoms with van der Waals surface area (Å²) in [6.45, 7) is 4.06. The Morgan fingerprint density at radius 1 is 1.08 bits per heavy atom. The van der Waals surface area contributed by atoms with Crippen LogP contribution in [-0.2, 0) is 11.3 Å². The summed E-state index contributed by atoms with van der Waals surface area (Å²) in [6.07, 6.45) is 0. The lowest BCUT2D eigenvalue weighted by Gasteiger charge is -2.22. The van der Waals surface area contributed by atoms with E-state index in [0.717, 1.165) is 5.56 Å². The number of carbonyl (C=O) groups is 2. The molecule has 0 heterocycles. The summed E-state index contributed by atoms with van der Waals surface area (Å²) in [5.74, 6) is -0.0128. The van der Waals surface area contributed by atoms with E-state index < -0.39 is 6.04 Å². The van der Waals surface area contributed by atoms with E-state index in [1.165, 1.54) is 0 Å². The van der Waals surface area contributed by atoms with Crippen LogP contribution in [0.25, 0.3) is 0 Å². The Morgan fingerprint density at radius 3 is 2.38 bits per heavy atom. The van der Waals surface area contributed by atoms with E-state index in [0.29, 0.717) is 22.9 Å². The van der Waals surface area contributed by atoms with Crippen molar-refractivity contribution in [1.29, 1.82) is 0 Å². The third-order valence-corrected chi connectivity index (χ3v) is 4.33. The number of hydrogen-bond donors (Lipinski definition) is 2. The Balaban J connectivity index is 2.05. The Labute approximate surface area is 158 Å². The van der Waals surface area contributed by atoms with Crippen molar-refractivity contribution in [2.24, 2.45) is 5.92 Å². The van der Waals surface area contributed by atoms with E-state index in [4.69, 9.17) is 16.3 Å². The van der Waals surface area contributed by atoms with Crippen molar-refractivity contribution < 1.29 is 14.3 Å². The maximum absolute atomic E-state index is 12.6. The Bertz CT molecular complexity index is 777. The summed E-state index contributed by atoms with van der Waals surface area (Å²) >= 11 is 6.06. The molecule has 6 heteroatoms. The highest BCUT2D eigenvalue weighted by molar-refractivity contribution is 6.33. The highest BCUT2D eigenvalue weighted by Crippen LogP contribution is 2.18. The number of carbonyl (C=O) groups excluding carboxylic acids is 2. The van der Waals surface area contributed by atoms with Gasteiger partial charge in [-0.05, 0) is 24.1 Å². The van der Waals surface area contributed by atoms with Crippen LogP contribution in [0.5, 0.6) is 5.75 Å². The minimum Gasteiger partial charge on any atom is -0.496 e. The van der Waals surface area contributed by atoms with Crippen LogP contribution in [0.2, 0.25) is 5.02 Å². The number of methoxy groups -OCH3 is 1. The fraction of sp³-hybridized carbons (Fsp3) is 0.300. The van der Waals surface area contributed by atoms with Crippen LogP contribution in [0.15, 0.2) is 48.5 Å². The summed E-state index contributed by atoms with van der Waals surface area (Å²) in [5.41, 5.74) is 1.21. The molecule has 2 aromatic rings. The van der Waals surface area contributed by atoms with E-state index in [1.807, 2.05) is 38.1 Å². The zero-order valence-corrected chi connectivity index (χ0v) is 15.8. The fourth-order valence-electron chi connectivity index (χ4n) is 2.54. The topological polar surface area (TPSA) is 67.4 Å². The predicted molar refractivity (Wildman–Crippen MR) is 102 cm³/mol. The van der Waals surface area contributed by atoms with E-state index in [2.05, 4.69) is 10.6 Å². The molecule has 0 unspecified atom stereocenters. The number of para-hydroxylation sites is 1. The van der Waals surface area contributed by atoms with Gasteiger partial charge in [-0.1, -0.05) is 55.8 Å². The highest BCUT2D eigenvalue weighted by Gasteiger charge is 2.25. The van der Waals surface area contributed by atoms with Crippen LogP contribution in [0.4, 0.5) is 0 Å². The molecule has 0 radical (unpaired) electrons. The molecule has 1 atom stereocenters. The zero-order chi connectivity index (χ0) is 19.1. The van der Waals surface area contributed by atoms with Crippen molar-refractivity contribution in [1.82, 2.24) is 10.6 Å². The molecule has 0 aromatic heterocycles. The first-order valence-corrected chi connectivity index (χ1v) is 8.76. The molecule has 0 saturated carbocycles. The maximum Gasteiger partial charge on any atom is 0.253 e. The van der Waals surface area contributed by atoms with Crippen molar-refractivity contribution >= 4 is 23.4 Å². The third kappa shape index (κ3) is 4.99. The SMILES string of the molecule is COc1ccccc1CNC(=O)[C@@H](NC(=O)c1ccccc1Cl)C(C)C. The standard InChI is InChI=1S/C20H23ClN2O3/c1-13(2)18(23-19(24)15-9-5-6-10-16(15)21)20(25)22-12-14-8-4-7-11-17(14)26-3/h4-11,13,18H,12H2,1-3H3,(H,22,25)(H,23,24)/t18-/m0/s1. The molecular weight excluding hydrogens is 352 g/mol. The molecule has 2 aromatic carbocycles.